The lowest BCUT2D eigenvalue weighted by molar-refractivity contribution is -0.140. The van der Waals surface area contributed by atoms with Crippen LogP contribution in [0, 0.1) is 12.7 Å². The highest BCUT2D eigenvalue weighted by Crippen LogP contribution is 2.40. The van der Waals surface area contributed by atoms with E-state index in [4.69, 9.17) is 0 Å². The molecule has 3 aromatic heterocycles. The van der Waals surface area contributed by atoms with E-state index in [0.717, 1.165) is 10.9 Å². The Morgan fingerprint density at radius 1 is 1.14 bits per heavy atom. The highest BCUT2D eigenvalue weighted by atomic mass is 19.4. The number of alkyl halides is 3. The summed E-state index contributed by atoms with van der Waals surface area (Å²) in [5.41, 5.74) is 1.77. The van der Waals surface area contributed by atoms with Crippen molar-refractivity contribution in [1.29, 1.82) is 0 Å². The fraction of sp³-hybridized carbons (Fsp3) is 0.308. The van der Waals surface area contributed by atoms with Crippen LogP contribution in [0.3, 0.4) is 0 Å². The molecule has 0 N–H and O–H groups in total. The van der Waals surface area contributed by atoms with E-state index in [9.17, 15) is 22.4 Å². The smallest absolute Gasteiger partial charge is 0.333 e. The minimum atomic E-state index is -4.66. The maximum absolute atomic E-state index is 13.9. The molecule has 1 amide bonds. The number of amides is 1. The van der Waals surface area contributed by atoms with Crippen molar-refractivity contribution >= 4 is 5.91 Å². The van der Waals surface area contributed by atoms with Gasteiger partial charge in [0.15, 0.2) is 5.69 Å². The number of halogens is 4. The first kappa shape index (κ1) is 24.7. The molecule has 1 aliphatic rings. The number of imidazole rings is 1. The largest absolute Gasteiger partial charge is 0.435 e. The minimum Gasteiger partial charge on any atom is -0.333 e. The lowest BCUT2D eigenvalue weighted by Gasteiger charge is -2.34. The van der Waals surface area contributed by atoms with Gasteiger partial charge in [-0.2, -0.15) is 18.3 Å². The monoisotopic (exact) mass is 512 g/mol. The van der Waals surface area contributed by atoms with Crippen LogP contribution in [0.25, 0.3) is 11.1 Å². The summed E-state index contributed by atoms with van der Waals surface area (Å²) in [6.07, 6.45) is 3.10. The van der Waals surface area contributed by atoms with E-state index in [0.29, 0.717) is 46.5 Å². The number of fused-ring (bicyclic) bond motifs is 1. The molecule has 0 saturated carbocycles. The molecule has 1 aliphatic heterocycles. The van der Waals surface area contributed by atoms with E-state index in [1.807, 2.05) is 6.92 Å². The van der Waals surface area contributed by atoms with Crippen LogP contribution >= 0.6 is 0 Å². The van der Waals surface area contributed by atoms with Crippen molar-refractivity contribution in [1.82, 2.24) is 29.2 Å². The molecule has 4 heterocycles. The number of hydrogen-bond donors (Lipinski definition) is 0. The molecule has 0 fully saturated rings. The molecule has 1 aromatic carbocycles. The van der Waals surface area contributed by atoms with E-state index in [2.05, 4.69) is 15.1 Å². The highest BCUT2D eigenvalue weighted by molar-refractivity contribution is 5.99. The van der Waals surface area contributed by atoms with Crippen molar-refractivity contribution < 1.29 is 22.4 Å². The highest BCUT2D eigenvalue weighted by Gasteiger charge is 2.39. The molecular formula is C26H24F4N6O. The van der Waals surface area contributed by atoms with Gasteiger partial charge in [-0.05, 0) is 60.7 Å². The zero-order valence-corrected chi connectivity index (χ0v) is 20.4. The number of rotatable bonds is 5. The summed E-state index contributed by atoms with van der Waals surface area (Å²) >= 11 is 0. The number of aromatic nitrogens is 5. The Hall–Kier alpha value is -4.02. The summed E-state index contributed by atoms with van der Waals surface area (Å²) in [5.74, 6) is -0.749. The summed E-state index contributed by atoms with van der Waals surface area (Å²) in [6, 6.07) is 4.58. The molecule has 7 nitrogen and oxygen atoms in total. The van der Waals surface area contributed by atoms with E-state index < -0.39 is 23.7 Å². The molecule has 11 heteroatoms. The number of carbonyl (C=O) groups excluding carboxylic acids is 1. The summed E-state index contributed by atoms with van der Waals surface area (Å²) in [7, 11) is 1.44. The van der Waals surface area contributed by atoms with Gasteiger partial charge in [0.1, 0.15) is 5.82 Å². The second-order valence-electron chi connectivity index (χ2n) is 9.25. The molecule has 4 aromatic rings. The number of pyridine rings is 1. The van der Waals surface area contributed by atoms with E-state index in [1.165, 1.54) is 13.2 Å². The molecule has 0 saturated heterocycles. The summed E-state index contributed by atoms with van der Waals surface area (Å²) in [6.45, 7) is 4.03. The second-order valence-corrected chi connectivity index (χ2v) is 9.25. The molecule has 0 spiro atoms. The van der Waals surface area contributed by atoms with Gasteiger partial charge in [0.25, 0.3) is 5.91 Å². The van der Waals surface area contributed by atoms with Crippen LogP contribution in [0.5, 0.6) is 0 Å². The van der Waals surface area contributed by atoms with Crippen LogP contribution in [0.2, 0.25) is 0 Å². The van der Waals surface area contributed by atoms with Crippen molar-refractivity contribution in [2.45, 2.75) is 39.0 Å². The van der Waals surface area contributed by atoms with Gasteiger partial charge in [-0.1, -0.05) is 0 Å². The first-order valence-corrected chi connectivity index (χ1v) is 11.7. The summed E-state index contributed by atoms with van der Waals surface area (Å²) in [5, 5.41) is 3.67. The lowest BCUT2D eigenvalue weighted by atomic mass is 9.87. The maximum atomic E-state index is 13.9. The maximum Gasteiger partial charge on any atom is 0.435 e. The van der Waals surface area contributed by atoms with Crippen molar-refractivity contribution in [2.75, 3.05) is 6.54 Å². The van der Waals surface area contributed by atoms with Gasteiger partial charge >= 0.3 is 6.18 Å². The van der Waals surface area contributed by atoms with Gasteiger partial charge in [-0.25, -0.2) is 9.37 Å². The molecule has 5 rings (SSSR count). The fourth-order valence-electron chi connectivity index (χ4n) is 4.82. The van der Waals surface area contributed by atoms with E-state index >= 15 is 0 Å². The van der Waals surface area contributed by atoms with Gasteiger partial charge in [-0.3, -0.25) is 14.5 Å². The number of benzene rings is 1. The molecule has 37 heavy (non-hydrogen) atoms. The van der Waals surface area contributed by atoms with Gasteiger partial charge in [0.2, 0.25) is 0 Å². The molecule has 0 aliphatic carbocycles. The van der Waals surface area contributed by atoms with Crippen molar-refractivity contribution in [2.24, 2.45) is 7.05 Å². The quantitative estimate of drug-likeness (QED) is 0.355. The first-order valence-electron chi connectivity index (χ1n) is 11.7. The van der Waals surface area contributed by atoms with Crippen LogP contribution in [0.1, 0.15) is 51.4 Å². The van der Waals surface area contributed by atoms with Gasteiger partial charge in [0.05, 0.1) is 24.3 Å². The Morgan fingerprint density at radius 2 is 1.89 bits per heavy atom. The molecule has 0 unspecified atom stereocenters. The normalized spacial score (nSPS) is 14.7. The number of hydrogen-bond acceptors (Lipinski definition) is 4. The summed E-state index contributed by atoms with van der Waals surface area (Å²) < 4.78 is 58.3. The van der Waals surface area contributed by atoms with Crippen LogP contribution in [0.15, 0.2) is 49.3 Å². The number of carbonyl (C=O) groups is 1. The molecule has 1 atom stereocenters. The Balaban J connectivity index is 1.62. The Labute approximate surface area is 210 Å². The molecular weight excluding hydrogens is 488 g/mol. The van der Waals surface area contributed by atoms with Crippen molar-refractivity contribution in [3.05, 3.63) is 88.8 Å². The van der Waals surface area contributed by atoms with Crippen LogP contribution < -0.4 is 0 Å². The molecule has 0 radical (unpaired) electrons. The Bertz CT molecular complexity index is 1480. The minimum absolute atomic E-state index is 0.0659. The van der Waals surface area contributed by atoms with E-state index in [-0.39, 0.29) is 18.0 Å². The van der Waals surface area contributed by atoms with Crippen LogP contribution in [-0.4, -0.2) is 41.7 Å². The van der Waals surface area contributed by atoms with Crippen molar-refractivity contribution in [3.8, 4) is 11.1 Å². The average molecular weight is 513 g/mol. The average Bonchev–Trinajstić information content (AvgIpc) is 3.50. The molecule has 0 bridgehead atoms. The summed E-state index contributed by atoms with van der Waals surface area (Å²) in [4.78, 5) is 23.6. The number of aryl methyl sites for hydroxylation is 2. The predicted molar refractivity (Wildman–Crippen MR) is 127 cm³/mol. The zero-order chi connectivity index (χ0) is 26.5. The fourth-order valence-corrected chi connectivity index (χ4v) is 4.82. The first-order chi connectivity index (χ1) is 17.5. The van der Waals surface area contributed by atoms with Gasteiger partial charge < -0.3 is 9.47 Å². The SMILES string of the molecule is Cc1cc([C@H](C)N2CCc3c(cc(Cn4ccnc4)cc3-c3cn(C)nc3C(F)(F)F)C2=O)ncc1F. The Kier molecular flexibility index (Phi) is 6.09. The standard InChI is InChI=1S/C26H24F4N6O/c1-15-8-23(32-11-22(15)27)16(2)36-6-4-18-19(21-13-34(3)33-24(21)26(28,29)30)9-17(10-20(18)25(36)37)12-35-7-5-31-14-35/h5,7-11,13-14,16H,4,6,12H2,1-3H3/t16-/m0/s1. The predicted octanol–water partition coefficient (Wildman–Crippen LogP) is 4.95. The third-order valence-electron chi connectivity index (χ3n) is 6.68. The third kappa shape index (κ3) is 4.61. The van der Waals surface area contributed by atoms with Gasteiger partial charge in [-0.15, -0.1) is 0 Å². The second kappa shape index (κ2) is 9.13. The third-order valence-corrected chi connectivity index (χ3v) is 6.68. The van der Waals surface area contributed by atoms with Crippen LogP contribution in [0.4, 0.5) is 17.6 Å². The van der Waals surface area contributed by atoms with Crippen LogP contribution in [-0.2, 0) is 26.2 Å². The van der Waals surface area contributed by atoms with Crippen molar-refractivity contribution in [3.63, 3.8) is 0 Å². The number of nitrogens with zero attached hydrogens (tertiary/aromatic N) is 6. The molecule has 192 valence electrons. The Morgan fingerprint density at radius 3 is 2.57 bits per heavy atom. The topological polar surface area (TPSA) is 68.8 Å². The van der Waals surface area contributed by atoms with E-state index in [1.54, 1.807) is 53.3 Å². The van der Waals surface area contributed by atoms with Gasteiger partial charge in [0, 0.05) is 49.9 Å². The lowest BCUT2D eigenvalue weighted by Crippen LogP contribution is -2.40. The zero-order valence-electron chi connectivity index (χ0n) is 20.4.